The van der Waals surface area contributed by atoms with Gasteiger partial charge in [0, 0.05) is 31.8 Å². The van der Waals surface area contributed by atoms with Gasteiger partial charge >= 0.3 is 37.1 Å². The standard InChI is InChI=1S/C42H24F18N3P3/c43-37(44,45)25-7-1-13-31(19-25)64(32-14-2-8-26(20-32)38(46,47)48)61-65(33-15-3-9-27(21-33)39(49,50)51,34-16-4-10-28(22-34)40(52,53)54)63-66(62-64,35-17-5-11-29(23-35)41(55,56)57)36-18-6-12-30(24-36)42(58,59)60/h1-24H. The van der Waals surface area contributed by atoms with Crippen LogP contribution in [-0.2, 0) is 37.1 Å². The Morgan fingerprint density at radius 3 is 0.485 bits per heavy atom. The molecule has 1 aliphatic rings. The molecule has 0 N–H and O–H groups in total. The van der Waals surface area contributed by atoms with Crippen LogP contribution in [0.5, 0.6) is 0 Å². The van der Waals surface area contributed by atoms with Crippen molar-refractivity contribution in [3.63, 3.8) is 0 Å². The van der Waals surface area contributed by atoms with E-state index in [-0.39, 0.29) is 0 Å². The summed E-state index contributed by atoms with van der Waals surface area (Å²) >= 11 is 0. The summed E-state index contributed by atoms with van der Waals surface area (Å²) in [6.45, 7) is 0. The van der Waals surface area contributed by atoms with Crippen LogP contribution in [-0.4, -0.2) is 0 Å². The summed E-state index contributed by atoms with van der Waals surface area (Å²) in [5.74, 6) is 0. The van der Waals surface area contributed by atoms with E-state index in [1.54, 1.807) is 0 Å². The monoisotopic (exact) mass is 1010 g/mol. The first-order valence-corrected chi connectivity index (χ1v) is 23.5. The molecule has 66 heavy (non-hydrogen) atoms. The summed E-state index contributed by atoms with van der Waals surface area (Å²) in [5.41, 5.74) is -9.23. The van der Waals surface area contributed by atoms with Crippen molar-refractivity contribution in [2.24, 2.45) is 13.5 Å². The molecule has 1 heterocycles. The van der Waals surface area contributed by atoms with E-state index in [1.165, 1.54) is 0 Å². The van der Waals surface area contributed by atoms with Crippen molar-refractivity contribution < 1.29 is 79.0 Å². The molecule has 1 aliphatic heterocycles. The van der Waals surface area contributed by atoms with Crippen LogP contribution in [0.4, 0.5) is 79.0 Å². The Kier molecular flexibility index (Phi) is 12.2. The Balaban J connectivity index is 1.91. The largest absolute Gasteiger partial charge is 0.416 e. The van der Waals surface area contributed by atoms with E-state index in [1.807, 2.05) is 0 Å². The normalized spacial score (nSPS) is 16.5. The predicted octanol–water partition coefficient (Wildman–Crippen LogP) is 14.4. The van der Waals surface area contributed by atoms with Crippen LogP contribution in [0.1, 0.15) is 33.4 Å². The summed E-state index contributed by atoms with van der Waals surface area (Å²) in [6.07, 6.45) is -31.7. The molecule has 6 aromatic carbocycles. The van der Waals surface area contributed by atoms with Gasteiger partial charge in [0.2, 0.25) is 0 Å². The van der Waals surface area contributed by atoms with Gasteiger partial charge in [-0.1, -0.05) is 72.8 Å². The molecule has 0 radical (unpaired) electrons. The minimum atomic E-state index is -5.29. The fraction of sp³-hybridized carbons (Fsp3) is 0.143. The molecule has 0 fully saturated rings. The summed E-state index contributed by atoms with van der Waals surface area (Å²) in [6, 6.07) is 14.5. The number of hydrogen-bond acceptors (Lipinski definition) is 3. The van der Waals surface area contributed by atoms with Gasteiger partial charge in [0.15, 0.2) is 0 Å². The van der Waals surface area contributed by atoms with Gasteiger partial charge < -0.3 is 0 Å². The predicted molar refractivity (Wildman–Crippen MR) is 215 cm³/mol. The average molecular weight is 1010 g/mol. The fourth-order valence-corrected chi connectivity index (χ4v) is 22.4. The highest BCUT2D eigenvalue weighted by Crippen LogP contribution is 2.76. The van der Waals surface area contributed by atoms with E-state index in [0.29, 0.717) is 72.8 Å². The smallest absolute Gasteiger partial charge is 0.223 e. The fourth-order valence-electron chi connectivity index (χ4n) is 6.94. The molecule has 24 heteroatoms. The molecule has 0 spiro atoms. The second-order valence-electron chi connectivity index (χ2n) is 14.4. The molecule has 0 amide bonds. The second-order valence-corrected chi connectivity index (χ2v) is 23.2. The molecule has 3 nitrogen and oxygen atoms in total. The maximum absolute atomic E-state index is 14.6. The molecule has 0 unspecified atom stereocenters. The van der Waals surface area contributed by atoms with Gasteiger partial charge in [-0.3, -0.25) is 0 Å². The van der Waals surface area contributed by atoms with Gasteiger partial charge in [0.25, 0.3) is 0 Å². The Morgan fingerprint density at radius 1 is 0.227 bits per heavy atom. The quantitative estimate of drug-likeness (QED) is 0.118. The maximum Gasteiger partial charge on any atom is 0.416 e. The third kappa shape index (κ3) is 9.35. The topological polar surface area (TPSA) is 37.1 Å². The minimum Gasteiger partial charge on any atom is -0.223 e. The molecular weight excluding hydrogens is 981 g/mol. The van der Waals surface area contributed by atoms with E-state index in [4.69, 9.17) is 13.5 Å². The first kappa shape index (κ1) is 48.7. The number of halogens is 18. The van der Waals surface area contributed by atoms with E-state index >= 15 is 0 Å². The van der Waals surface area contributed by atoms with Crippen LogP contribution in [0.2, 0.25) is 0 Å². The zero-order valence-electron chi connectivity index (χ0n) is 32.3. The number of nitrogens with zero attached hydrogens (tertiary/aromatic N) is 3. The molecule has 0 aromatic heterocycles. The molecule has 348 valence electrons. The van der Waals surface area contributed by atoms with Crippen molar-refractivity contribution in [2.45, 2.75) is 37.1 Å². The lowest BCUT2D eigenvalue weighted by Gasteiger charge is -2.39. The molecule has 0 aliphatic carbocycles. The third-order valence-electron chi connectivity index (χ3n) is 9.98. The van der Waals surface area contributed by atoms with E-state index < -0.39 is 124 Å². The van der Waals surface area contributed by atoms with Crippen molar-refractivity contribution in [1.29, 1.82) is 0 Å². The zero-order valence-corrected chi connectivity index (χ0v) is 35.0. The number of rotatable bonds is 6. The van der Waals surface area contributed by atoms with E-state index in [9.17, 15) is 79.0 Å². The first-order chi connectivity index (χ1) is 30.4. The van der Waals surface area contributed by atoms with Crippen molar-refractivity contribution >= 4 is 53.4 Å². The highest BCUT2D eigenvalue weighted by atomic mass is 31.3. The number of hydrogen-bond donors (Lipinski definition) is 0. The van der Waals surface area contributed by atoms with Crippen LogP contribution in [0.25, 0.3) is 0 Å². The van der Waals surface area contributed by atoms with Gasteiger partial charge in [-0.2, -0.15) is 79.0 Å². The van der Waals surface area contributed by atoms with Crippen LogP contribution in [0.15, 0.2) is 159 Å². The highest BCUT2D eigenvalue weighted by molar-refractivity contribution is 8.00. The molecule has 6 aromatic rings. The molecule has 0 saturated heterocycles. The highest BCUT2D eigenvalue weighted by Gasteiger charge is 2.47. The van der Waals surface area contributed by atoms with Gasteiger partial charge in [-0.25, -0.2) is 13.5 Å². The Morgan fingerprint density at radius 2 is 0.364 bits per heavy atom. The first-order valence-electron chi connectivity index (χ1n) is 18.4. The van der Waals surface area contributed by atoms with Gasteiger partial charge in [0.05, 0.1) is 33.4 Å². The summed E-state index contributed by atoms with van der Waals surface area (Å²) in [7, 11) is -15.9. The van der Waals surface area contributed by atoms with Crippen LogP contribution >= 0.6 is 21.6 Å². The van der Waals surface area contributed by atoms with Crippen molar-refractivity contribution in [2.75, 3.05) is 0 Å². The molecular formula is C42H24F18N3P3. The second kappa shape index (κ2) is 16.5. The summed E-state index contributed by atoms with van der Waals surface area (Å²) < 4.78 is 278. The average Bonchev–Trinajstić information content (AvgIpc) is 3.24. The Hall–Kier alpha value is -5.25. The number of alkyl halides is 18. The summed E-state index contributed by atoms with van der Waals surface area (Å²) in [5, 5.41) is -4.76. The van der Waals surface area contributed by atoms with E-state index in [2.05, 4.69) is 0 Å². The summed E-state index contributed by atoms with van der Waals surface area (Å²) in [4.78, 5) is 0. The van der Waals surface area contributed by atoms with Gasteiger partial charge in [0.1, 0.15) is 21.6 Å². The number of benzene rings is 6. The molecule has 0 saturated carbocycles. The maximum atomic E-state index is 14.6. The lowest BCUT2D eigenvalue weighted by atomic mass is 10.2. The minimum absolute atomic E-state index is 0.340. The molecule has 0 bridgehead atoms. The van der Waals surface area contributed by atoms with E-state index in [0.717, 1.165) is 72.8 Å². The lowest BCUT2D eigenvalue weighted by Crippen LogP contribution is -2.27. The van der Waals surface area contributed by atoms with Crippen LogP contribution < -0.4 is 31.8 Å². The van der Waals surface area contributed by atoms with Crippen molar-refractivity contribution in [3.05, 3.63) is 179 Å². The van der Waals surface area contributed by atoms with Gasteiger partial charge in [-0.05, 0) is 72.8 Å². The van der Waals surface area contributed by atoms with Gasteiger partial charge in [-0.15, -0.1) is 0 Å². The van der Waals surface area contributed by atoms with Crippen molar-refractivity contribution in [1.82, 2.24) is 0 Å². The van der Waals surface area contributed by atoms with Crippen molar-refractivity contribution in [3.8, 4) is 0 Å². The molecule has 7 rings (SSSR count). The SMILES string of the molecule is FC(F)(F)c1cccc(P2(c3cccc(C(F)(F)F)c3)=NP(c3cccc(C(F)(F)F)c3)(c3cccc(C(F)(F)F)c3)=NP(c3cccc(C(F)(F)F)c3)(c3cccc(C(F)(F)F)c3)=N2)c1. The zero-order chi connectivity index (χ0) is 48.5. The Bertz CT molecular complexity index is 2490. The lowest BCUT2D eigenvalue weighted by molar-refractivity contribution is -0.138. The molecule has 0 atom stereocenters. The third-order valence-corrected chi connectivity index (χ3v) is 22.2. The van der Waals surface area contributed by atoms with Crippen LogP contribution in [0, 0.1) is 0 Å². The van der Waals surface area contributed by atoms with Crippen LogP contribution in [0.3, 0.4) is 0 Å². The Labute approximate surface area is 361 Å².